The summed E-state index contributed by atoms with van der Waals surface area (Å²) in [7, 11) is 1.80. The number of hydrogen-bond donors (Lipinski definition) is 3. The van der Waals surface area contributed by atoms with Crippen LogP contribution in [0.2, 0.25) is 0 Å². The fourth-order valence-corrected chi connectivity index (χ4v) is 4.14. The van der Waals surface area contributed by atoms with Gasteiger partial charge in [-0.3, -0.25) is 4.99 Å². The molecule has 2 aromatic heterocycles. The van der Waals surface area contributed by atoms with Gasteiger partial charge in [0.1, 0.15) is 5.82 Å². The molecule has 3 heterocycles. The average Bonchev–Trinajstić information content (AvgIpc) is 3.21. The van der Waals surface area contributed by atoms with Crippen molar-refractivity contribution < 1.29 is 4.74 Å². The zero-order chi connectivity index (χ0) is 21.6. The number of H-pyrrole nitrogens is 1. The summed E-state index contributed by atoms with van der Waals surface area (Å²) in [6, 6.07) is 10.6. The quantitative estimate of drug-likeness (QED) is 0.422. The molecule has 0 aliphatic carbocycles. The number of nitrogens with one attached hydrogen (secondary N) is 3. The Hall–Kier alpha value is -3.06. The molecule has 1 unspecified atom stereocenters. The van der Waals surface area contributed by atoms with Gasteiger partial charge in [-0.25, -0.2) is 4.98 Å². The number of morpholine rings is 1. The minimum Gasteiger partial charge on any atom is -0.375 e. The molecule has 4 rings (SSSR count). The van der Waals surface area contributed by atoms with Gasteiger partial charge >= 0.3 is 0 Å². The third kappa shape index (κ3) is 5.17. The third-order valence-corrected chi connectivity index (χ3v) is 5.74. The first-order chi connectivity index (χ1) is 15.1. The largest absolute Gasteiger partial charge is 0.375 e. The van der Waals surface area contributed by atoms with Crippen molar-refractivity contribution in [1.29, 1.82) is 0 Å². The van der Waals surface area contributed by atoms with Crippen molar-refractivity contribution in [2.45, 2.75) is 32.9 Å². The van der Waals surface area contributed by atoms with E-state index < -0.39 is 0 Å². The minimum atomic E-state index is 0.237. The van der Waals surface area contributed by atoms with E-state index in [4.69, 9.17) is 4.74 Å². The summed E-state index contributed by atoms with van der Waals surface area (Å²) in [5.74, 6) is 1.81. The van der Waals surface area contributed by atoms with Crippen LogP contribution in [0.15, 0.2) is 47.7 Å². The Balaban J connectivity index is 1.30. The van der Waals surface area contributed by atoms with Gasteiger partial charge in [0.2, 0.25) is 0 Å². The molecule has 0 radical (unpaired) electrons. The summed E-state index contributed by atoms with van der Waals surface area (Å²) >= 11 is 0. The van der Waals surface area contributed by atoms with Crippen molar-refractivity contribution in [3.63, 3.8) is 0 Å². The fourth-order valence-electron chi connectivity index (χ4n) is 4.14. The van der Waals surface area contributed by atoms with Crippen molar-refractivity contribution in [2.24, 2.45) is 4.99 Å². The number of aliphatic imine (C=N–C) groups is 1. The van der Waals surface area contributed by atoms with E-state index in [1.807, 2.05) is 12.3 Å². The van der Waals surface area contributed by atoms with E-state index in [0.717, 1.165) is 44.4 Å². The van der Waals surface area contributed by atoms with Gasteiger partial charge in [-0.05, 0) is 55.2 Å². The predicted molar refractivity (Wildman–Crippen MR) is 127 cm³/mol. The maximum atomic E-state index is 5.64. The van der Waals surface area contributed by atoms with E-state index in [1.54, 1.807) is 7.05 Å². The van der Waals surface area contributed by atoms with Gasteiger partial charge in [0, 0.05) is 56.5 Å². The average molecular weight is 421 g/mol. The second kappa shape index (κ2) is 9.83. The number of fused-ring (bicyclic) bond motifs is 1. The van der Waals surface area contributed by atoms with Gasteiger partial charge in [-0.1, -0.05) is 12.1 Å². The van der Waals surface area contributed by atoms with E-state index >= 15 is 0 Å². The van der Waals surface area contributed by atoms with Crippen LogP contribution in [0, 0.1) is 6.92 Å². The van der Waals surface area contributed by atoms with E-state index in [-0.39, 0.29) is 6.10 Å². The zero-order valence-electron chi connectivity index (χ0n) is 18.6. The summed E-state index contributed by atoms with van der Waals surface area (Å²) in [4.78, 5) is 14.6. The van der Waals surface area contributed by atoms with E-state index in [2.05, 4.69) is 74.8 Å². The molecule has 31 heavy (non-hydrogen) atoms. The highest BCUT2D eigenvalue weighted by Crippen LogP contribution is 2.22. The van der Waals surface area contributed by atoms with Crippen LogP contribution in [0.1, 0.15) is 23.6 Å². The summed E-state index contributed by atoms with van der Waals surface area (Å²) in [6.07, 6.45) is 5.16. The second-order valence-corrected chi connectivity index (χ2v) is 8.06. The molecule has 1 aliphatic rings. The third-order valence-electron chi connectivity index (χ3n) is 5.74. The van der Waals surface area contributed by atoms with Gasteiger partial charge in [-0.2, -0.15) is 0 Å². The highest BCUT2D eigenvalue weighted by Gasteiger charge is 2.18. The lowest BCUT2D eigenvalue weighted by Gasteiger charge is -2.32. The Morgan fingerprint density at radius 3 is 3.06 bits per heavy atom. The molecule has 1 atom stereocenters. The van der Waals surface area contributed by atoms with Crippen LogP contribution in [0.25, 0.3) is 10.9 Å². The molecule has 3 N–H and O–H groups in total. The molecule has 7 heteroatoms. The SMILES string of the molecule is CN=C(NCCc1c[nH]c2cccc(C)c12)NCc1ccnc(N2CCOC(C)C2)c1. The van der Waals surface area contributed by atoms with Crippen molar-refractivity contribution in [2.75, 3.05) is 38.2 Å². The Labute approximate surface area is 183 Å². The molecule has 1 aliphatic heterocycles. The molecule has 164 valence electrons. The highest BCUT2D eigenvalue weighted by molar-refractivity contribution is 5.86. The number of aromatic nitrogens is 2. The maximum absolute atomic E-state index is 5.64. The van der Waals surface area contributed by atoms with Crippen LogP contribution in [-0.2, 0) is 17.7 Å². The maximum Gasteiger partial charge on any atom is 0.191 e. The Bertz CT molecular complexity index is 1040. The summed E-state index contributed by atoms with van der Waals surface area (Å²) < 4.78 is 5.64. The normalized spacial score (nSPS) is 17.2. The predicted octanol–water partition coefficient (Wildman–Crippen LogP) is 3.00. The number of anilines is 1. The van der Waals surface area contributed by atoms with Crippen molar-refractivity contribution >= 4 is 22.7 Å². The monoisotopic (exact) mass is 420 g/mol. The first kappa shape index (κ1) is 21.2. The number of aromatic amines is 1. The zero-order valence-corrected chi connectivity index (χ0v) is 18.6. The number of rotatable bonds is 6. The molecule has 3 aromatic rings. The van der Waals surface area contributed by atoms with Crippen LogP contribution in [-0.4, -0.2) is 55.3 Å². The van der Waals surface area contributed by atoms with Crippen LogP contribution in [0.3, 0.4) is 0 Å². The smallest absolute Gasteiger partial charge is 0.191 e. The number of pyridine rings is 1. The fraction of sp³-hybridized carbons (Fsp3) is 0.417. The first-order valence-corrected chi connectivity index (χ1v) is 11.0. The number of guanidine groups is 1. The van der Waals surface area contributed by atoms with Gasteiger partial charge in [-0.15, -0.1) is 0 Å². The second-order valence-electron chi connectivity index (χ2n) is 8.06. The number of aryl methyl sites for hydroxylation is 1. The van der Waals surface area contributed by atoms with Crippen molar-refractivity contribution in [3.05, 3.63) is 59.4 Å². The lowest BCUT2D eigenvalue weighted by atomic mass is 10.1. The number of hydrogen-bond acceptors (Lipinski definition) is 4. The summed E-state index contributed by atoms with van der Waals surface area (Å²) in [6.45, 7) is 8.28. The Morgan fingerprint density at radius 2 is 2.23 bits per heavy atom. The molecule has 0 spiro atoms. The molecule has 0 saturated carbocycles. The standard InChI is InChI=1S/C24H32N6O/c1-17-5-4-6-21-23(17)20(15-28-21)8-10-27-24(25-3)29-14-19-7-9-26-22(13-19)30-11-12-31-18(2)16-30/h4-7,9,13,15,18,28H,8,10-12,14,16H2,1-3H3,(H2,25,27,29). The molecular formula is C24H32N6O. The van der Waals surface area contributed by atoms with Crippen LogP contribution < -0.4 is 15.5 Å². The van der Waals surface area contributed by atoms with Crippen molar-refractivity contribution in [3.8, 4) is 0 Å². The van der Waals surface area contributed by atoms with E-state index in [0.29, 0.717) is 6.54 Å². The first-order valence-electron chi connectivity index (χ1n) is 11.0. The topological polar surface area (TPSA) is 77.6 Å². The van der Waals surface area contributed by atoms with E-state index in [1.165, 1.54) is 27.6 Å². The number of nitrogens with zero attached hydrogens (tertiary/aromatic N) is 3. The van der Waals surface area contributed by atoms with Gasteiger partial charge < -0.3 is 25.3 Å². The number of ether oxygens (including phenoxy) is 1. The molecule has 0 amide bonds. The lowest BCUT2D eigenvalue weighted by molar-refractivity contribution is 0.0529. The molecule has 1 fully saturated rings. The lowest BCUT2D eigenvalue weighted by Crippen LogP contribution is -2.41. The molecule has 7 nitrogen and oxygen atoms in total. The van der Waals surface area contributed by atoms with Crippen LogP contribution in [0.5, 0.6) is 0 Å². The highest BCUT2D eigenvalue weighted by atomic mass is 16.5. The van der Waals surface area contributed by atoms with E-state index in [9.17, 15) is 0 Å². The van der Waals surface area contributed by atoms with Crippen LogP contribution in [0.4, 0.5) is 5.82 Å². The molecular weight excluding hydrogens is 388 g/mol. The number of benzene rings is 1. The molecule has 1 aromatic carbocycles. The Kier molecular flexibility index (Phi) is 6.72. The molecule has 1 saturated heterocycles. The minimum absolute atomic E-state index is 0.237. The van der Waals surface area contributed by atoms with Crippen molar-refractivity contribution in [1.82, 2.24) is 20.6 Å². The Morgan fingerprint density at radius 1 is 1.32 bits per heavy atom. The molecule has 0 bridgehead atoms. The summed E-state index contributed by atoms with van der Waals surface area (Å²) in [5, 5.41) is 8.17. The van der Waals surface area contributed by atoms with Crippen LogP contribution >= 0.6 is 0 Å². The van der Waals surface area contributed by atoms with Gasteiger partial charge in [0.15, 0.2) is 5.96 Å². The van der Waals surface area contributed by atoms with Gasteiger partial charge in [0.25, 0.3) is 0 Å². The summed E-state index contributed by atoms with van der Waals surface area (Å²) in [5.41, 5.74) is 5.01. The van der Waals surface area contributed by atoms with Gasteiger partial charge in [0.05, 0.1) is 12.7 Å².